The van der Waals surface area contributed by atoms with Crippen LogP contribution in [0.4, 0.5) is 0 Å². The van der Waals surface area contributed by atoms with E-state index in [-0.39, 0.29) is 0 Å². The van der Waals surface area contributed by atoms with Crippen LogP contribution in [0.25, 0.3) is 0 Å². The van der Waals surface area contributed by atoms with E-state index in [2.05, 4.69) is 6.07 Å². The second kappa shape index (κ2) is 4.62. The lowest BCUT2D eigenvalue weighted by Crippen LogP contribution is -2.34. The van der Waals surface area contributed by atoms with E-state index in [1.165, 1.54) is 9.87 Å². The molecule has 1 aliphatic carbocycles. The van der Waals surface area contributed by atoms with Gasteiger partial charge in [0.25, 0.3) is 0 Å². The predicted octanol–water partition coefficient (Wildman–Crippen LogP) is 1.85. The second-order valence-corrected chi connectivity index (χ2v) is 7.08. The van der Waals surface area contributed by atoms with Gasteiger partial charge in [0.2, 0.25) is 10.0 Å². The molecule has 1 aliphatic heterocycles. The van der Waals surface area contributed by atoms with Crippen LogP contribution in [-0.4, -0.2) is 25.3 Å². The van der Waals surface area contributed by atoms with Crippen LogP contribution in [0.1, 0.15) is 30.4 Å². The summed E-state index contributed by atoms with van der Waals surface area (Å²) in [6.07, 6.45) is 4.51. The van der Waals surface area contributed by atoms with Crippen molar-refractivity contribution in [3.63, 3.8) is 0 Å². The number of nitrogens with zero attached hydrogens (tertiary/aromatic N) is 2. The van der Waals surface area contributed by atoms with E-state index in [0.717, 1.165) is 31.2 Å². The van der Waals surface area contributed by atoms with Crippen LogP contribution in [-0.2, 0) is 22.9 Å². The van der Waals surface area contributed by atoms with E-state index in [0.29, 0.717) is 17.9 Å². The molecule has 0 saturated carbocycles. The summed E-state index contributed by atoms with van der Waals surface area (Å²) < 4.78 is 26.5. The van der Waals surface area contributed by atoms with Gasteiger partial charge in [-0.1, -0.05) is 6.07 Å². The fourth-order valence-corrected chi connectivity index (χ4v) is 4.66. The molecule has 5 heteroatoms. The Morgan fingerprint density at radius 1 is 1.21 bits per heavy atom. The molecule has 1 aromatic rings. The third kappa shape index (κ3) is 2.05. The van der Waals surface area contributed by atoms with Crippen LogP contribution in [0.2, 0.25) is 0 Å². The Morgan fingerprint density at radius 2 is 2.00 bits per heavy atom. The van der Waals surface area contributed by atoms with Crippen molar-refractivity contribution in [3.05, 3.63) is 29.3 Å². The van der Waals surface area contributed by atoms with Gasteiger partial charge in [0, 0.05) is 6.54 Å². The van der Waals surface area contributed by atoms with Gasteiger partial charge in [-0.3, -0.25) is 0 Å². The normalized spacial score (nSPS) is 23.2. The molecule has 0 spiro atoms. The van der Waals surface area contributed by atoms with E-state index in [1.807, 2.05) is 6.07 Å². The minimum atomic E-state index is -3.51. The number of hydrogen-bond acceptors (Lipinski definition) is 3. The smallest absolute Gasteiger partial charge is 0.207 e. The van der Waals surface area contributed by atoms with Crippen molar-refractivity contribution in [2.24, 2.45) is 0 Å². The molecule has 3 rings (SSSR count). The van der Waals surface area contributed by atoms with Gasteiger partial charge < -0.3 is 0 Å². The average molecular weight is 276 g/mol. The van der Waals surface area contributed by atoms with Crippen LogP contribution in [0, 0.1) is 11.3 Å². The summed E-state index contributed by atoms with van der Waals surface area (Å²) in [5.74, 6) is 0. The van der Waals surface area contributed by atoms with Gasteiger partial charge in [-0.05, 0) is 55.4 Å². The molecule has 2 aliphatic rings. The Balaban J connectivity index is 1.99. The molecule has 4 nitrogen and oxygen atoms in total. The first-order valence-corrected chi connectivity index (χ1v) is 8.10. The zero-order valence-corrected chi connectivity index (χ0v) is 11.5. The number of nitriles is 1. The van der Waals surface area contributed by atoms with Gasteiger partial charge in [-0.25, -0.2) is 8.42 Å². The summed E-state index contributed by atoms with van der Waals surface area (Å²) >= 11 is 0. The molecular weight excluding hydrogens is 260 g/mol. The number of sulfonamides is 1. The number of fused-ring (bicyclic) bond motifs is 1. The zero-order chi connectivity index (χ0) is 13.5. The maximum atomic E-state index is 12.6. The lowest BCUT2D eigenvalue weighted by molar-refractivity contribution is 0.437. The van der Waals surface area contributed by atoms with Crippen molar-refractivity contribution in [2.45, 2.75) is 43.0 Å². The standard InChI is InChI=1S/C14H16N2O2S/c15-10-13-5-2-8-16(13)19(17,18)14-7-6-11-3-1-4-12(11)9-14/h6-7,9,13H,1-5,8H2. The summed E-state index contributed by atoms with van der Waals surface area (Å²) in [6, 6.07) is 6.99. The van der Waals surface area contributed by atoms with Crippen LogP contribution in [0.3, 0.4) is 0 Å². The Kier molecular flexibility index (Phi) is 3.08. The fraction of sp³-hybridized carbons (Fsp3) is 0.500. The van der Waals surface area contributed by atoms with Crippen LogP contribution in [0.5, 0.6) is 0 Å². The van der Waals surface area contributed by atoms with Crippen molar-refractivity contribution < 1.29 is 8.42 Å². The molecule has 1 atom stereocenters. The summed E-state index contributed by atoms with van der Waals surface area (Å²) in [5, 5.41) is 9.05. The van der Waals surface area contributed by atoms with E-state index in [9.17, 15) is 8.42 Å². The molecule has 0 radical (unpaired) electrons. The maximum Gasteiger partial charge on any atom is 0.244 e. The van der Waals surface area contributed by atoms with Gasteiger partial charge in [0.05, 0.1) is 11.0 Å². The van der Waals surface area contributed by atoms with Crippen LogP contribution in [0.15, 0.2) is 23.1 Å². The Morgan fingerprint density at radius 3 is 2.79 bits per heavy atom. The molecule has 0 N–H and O–H groups in total. The summed E-state index contributed by atoms with van der Waals surface area (Å²) in [6.45, 7) is 0.456. The van der Waals surface area contributed by atoms with Crippen molar-refractivity contribution >= 4 is 10.0 Å². The van der Waals surface area contributed by atoms with Crippen molar-refractivity contribution in [3.8, 4) is 6.07 Å². The van der Waals surface area contributed by atoms with Crippen LogP contribution < -0.4 is 0 Å². The molecule has 1 heterocycles. The quantitative estimate of drug-likeness (QED) is 0.828. The van der Waals surface area contributed by atoms with E-state index < -0.39 is 16.1 Å². The topological polar surface area (TPSA) is 61.2 Å². The number of aryl methyl sites for hydroxylation is 2. The minimum Gasteiger partial charge on any atom is -0.207 e. The maximum absolute atomic E-state index is 12.6. The lowest BCUT2D eigenvalue weighted by atomic mass is 10.1. The zero-order valence-electron chi connectivity index (χ0n) is 10.7. The Bertz CT molecular complexity index is 646. The molecule has 0 amide bonds. The lowest BCUT2D eigenvalue weighted by Gasteiger charge is -2.19. The first kappa shape index (κ1) is 12.6. The third-order valence-corrected chi connectivity index (χ3v) is 5.93. The van der Waals surface area contributed by atoms with E-state index in [1.54, 1.807) is 12.1 Å². The van der Waals surface area contributed by atoms with E-state index in [4.69, 9.17) is 5.26 Å². The third-order valence-electron chi connectivity index (χ3n) is 4.03. The summed E-state index contributed by atoms with van der Waals surface area (Å²) in [7, 11) is -3.51. The summed E-state index contributed by atoms with van der Waals surface area (Å²) in [5.41, 5.74) is 2.41. The molecule has 19 heavy (non-hydrogen) atoms. The molecule has 0 bridgehead atoms. The van der Waals surface area contributed by atoms with E-state index >= 15 is 0 Å². The molecular formula is C14H16N2O2S. The second-order valence-electron chi connectivity index (χ2n) is 5.19. The highest BCUT2D eigenvalue weighted by molar-refractivity contribution is 7.89. The number of rotatable bonds is 2. The molecule has 1 unspecified atom stereocenters. The van der Waals surface area contributed by atoms with Gasteiger partial charge >= 0.3 is 0 Å². The highest BCUT2D eigenvalue weighted by Crippen LogP contribution is 2.29. The predicted molar refractivity (Wildman–Crippen MR) is 71.0 cm³/mol. The molecule has 100 valence electrons. The van der Waals surface area contributed by atoms with Crippen LogP contribution >= 0.6 is 0 Å². The highest BCUT2D eigenvalue weighted by Gasteiger charge is 2.35. The molecule has 0 aromatic heterocycles. The number of hydrogen-bond donors (Lipinski definition) is 0. The molecule has 1 saturated heterocycles. The largest absolute Gasteiger partial charge is 0.244 e. The van der Waals surface area contributed by atoms with Gasteiger partial charge in [0.1, 0.15) is 6.04 Å². The molecule has 1 fully saturated rings. The fourth-order valence-electron chi connectivity index (χ4n) is 3.00. The van der Waals surface area contributed by atoms with Crippen molar-refractivity contribution in [1.29, 1.82) is 5.26 Å². The SMILES string of the molecule is N#CC1CCCN1S(=O)(=O)c1ccc2c(c1)CCC2. The average Bonchev–Trinajstić information content (AvgIpc) is 3.06. The first-order valence-electron chi connectivity index (χ1n) is 6.66. The monoisotopic (exact) mass is 276 g/mol. The summed E-state index contributed by atoms with van der Waals surface area (Å²) in [4.78, 5) is 0.343. The molecule has 1 aromatic carbocycles. The number of benzene rings is 1. The van der Waals surface area contributed by atoms with Gasteiger partial charge in [-0.2, -0.15) is 9.57 Å². The Labute approximate surface area is 113 Å². The van der Waals surface area contributed by atoms with Crippen molar-refractivity contribution in [1.82, 2.24) is 4.31 Å². The van der Waals surface area contributed by atoms with Gasteiger partial charge in [-0.15, -0.1) is 0 Å². The highest BCUT2D eigenvalue weighted by atomic mass is 32.2. The van der Waals surface area contributed by atoms with Crippen molar-refractivity contribution in [2.75, 3.05) is 6.54 Å². The first-order chi connectivity index (χ1) is 9.13. The Hall–Kier alpha value is -1.38. The van der Waals surface area contributed by atoms with Gasteiger partial charge in [0.15, 0.2) is 0 Å². The minimum absolute atomic E-state index is 0.343.